The summed E-state index contributed by atoms with van der Waals surface area (Å²) in [6.45, 7) is 1.45. The predicted octanol–water partition coefficient (Wildman–Crippen LogP) is -0.523. The molecule has 0 aromatic heterocycles. The summed E-state index contributed by atoms with van der Waals surface area (Å²) in [7, 11) is 0. The van der Waals surface area contributed by atoms with Gasteiger partial charge in [0, 0.05) is 13.2 Å². The molecule has 1 N–H and O–H groups in total. The Morgan fingerprint density at radius 3 is 2.56 bits per heavy atom. The molecule has 0 aromatic carbocycles. The topological polar surface area (TPSA) is 76.1 Å². The van der Waals surface area contributed by atoms with Crippen molar-refractivity contribution in [2.45, 2.75) is 25.0 Å². The fraction of sp³-hybridized carbons (Fsp3) is 0.800. The summed E-state index contributed by atoms with van der Waals surface area (Å²) in [6.07, 6.45) is 0.337. The number of nitrogens with zero attached hydrogens (tertiary/aromatic N) is 1. The molecule has 0 aliphatic carbocycles. The summed E-state index contributed by atoms with van der Waals surface area (Å²) in [4.78, 5) is 24.2. The standard InChI is InChI=1S/C10H15NO5/c12-9(7-2-1-4-15-7)11-3-5-16-8(6-11)10(13)14/h7-8H,1-6H2,(H,13,14). The fourth-order valence-corrected chi connectivity index (χ4v) is 1.97. The third kappa shape index (κ3) is 2.33. The number of morpholine rings is 1. The lowest BCUT2D eigenvalue weighted by Crippen LogP contribution is -2.51. The van der Waals surface area contributed by atoms with Gasteiger partial charge in [-0.25, -0.2) is 4.79 Å². The molecule has 2 saturated heterocycles. The number of ether oxygens (including phenoxy) is 2. The van der Waals surface area contributed by atoms with Gasteiger partial charge in [0.1, 0.15) is 6.10 Å². The SMILES string of the molecule is O=C(O)C1CN(C(=O)C2CCCO2)CCO1. The largest absolute Gasteiger partial charge is 0.479 e. The van der Waals surface area contributed by atoms with Crippen molar-refractivity contribution in [3.8, 4) is 0 Å². The summed E-state index contributed by atoms with van der Waals surface area (Å²) < 4.78 is 10.3. The number of hydrogen-bond acceptors (Lipinski definition) is 4. The van der Waals surface area contributed by atoms with Gasteiger partial charge in [0.05, 0.1) is 13.2 Å². The Labute approximate surface area is 93.1 Å². The highest BCUT2D eigenvalue weighted by molar-refractivity contribution is 5.82. The maximum Gasteiger partial charge on any atom is 0.334 e. The molecule has 2 atom stereocenters. The van der Waals surface area contributed by atoms with Crippen molar-refractivity contribution in [1.82, 2.24) is 4.90 Å². The third-order valence-electron chi connectivity index (χ3n) is 2.86. The van der Waals surface area contributed by atoms with E-state index in [4.69, 9.17) is 14.6 Å². The van der Waals surface area contributed by atoms with Crippen LogP contribution in [0.2, 0.25) is 0 Å². The lowest BCUT2D eigenvalue weighted by atomic mass is 10.2. The number of amides is 1. The second-order valence-electron chi connectivity index (χ2n) is 3.98. The van der Waals surface area contributed by atoms with Crippen molar-refractivity contribution in [2.75, 3.05) is 26.3 Å². The molecule has 2 unspecified atom stereocenters. The molecule has 2 aliphatic heterocycles. The minimum atomic E-state index is -1.02. The van der Waals surface area contributed by atoms with E-state index in [9.17, 15) is 9.59 Å². The van der Waals surface area contributed by atoms with Crippen molar-refractivity contribution < 1.29 is 24.2 Å². The van der Waals surface area contributed by atoms with Crippen LogP contribution >= 0.6 is 0 Å². The molecule has 16 heavy (non-hydrogen) atoms. The van der Waals surface area contributed by atoms with Gasteiger partial charge < -0.3 is 19.5 Å². The van der Waals surface area contributed by atoms with E-state index in [-0.39, 0.29) is 25.2 Å². The van der Waals surface area contributed by atoms with Crippen LogP contribution in [0.1, 0.15) is 12.8 Å². The lowest BCUT2D eigenvalue weighted by Gasteiger charge is -2.32. The van der Waals surface area contributed by atoms with E-state index in [1.165, 1.54) is 4.90 Å². The Morgan fingerprint density at radius 1 is 1.19 bits per heavy atom. The van der Waals surface area contributed by atoms with Gasteiger partial charge in [0.2, 0.25) is 0 Å². The number of carboxylic acids is 1. The zero-order chi connectivity index (χ0) is 11.5. The second kappa shape index (κ2) is 4.80. The van der Waals surface area contributed by atoms with Crippen LogP contribution in [-0.4, -0.2) is 60.4 Å². The number of aliphatic carboxylic acids is 1. The first-order valence-corrected chi connectivity index (χ1v) is 5.43. The quantitative estimate of drug-likeness (QED) is 0.689. The van der Waals surface area contributed by atoms with Crippen LogP contribution in [0, 0.1) is 0 Å². The normalized spacial score (nSPS) is 30.4. The average molecular weight is 229 g/mol. The zero-order valence-corrected chi connectivity index (χ0v) is 8.92. The first-order valence-electron chi connectivity index (χ1n) is 5.43. The van der Waals surface area contributed by atoms with Gasteiger partial charge in [-0.05, 0) is 12.8 Å². The number of rotatable bonds is 2. The molecular weight excluding hydrogens is 214 g/mol. The van der Waals surface area contributed by atoms with E-state index in [0.29, 0.717) is 13.2 Å². The van der Waals surface area contributed by atoms with Crippen molar-refractivity contribution in [3.63, 3.8) is 0 Å². The van der Waals surface area contributed by atoms with E-state index >= 15 is 0 Å². The molecule has 2 rings (SSSR count). The monoisotopic (exact) mass is 229 g/mol. The van der Waals surface area contributed by atoms with E-state index in [2.05, 4.69) is 0 Å². The van der Waals surface area contributed by atoms with E-state index in [0.717, 1.165) is 12.8 Å². The number of carboxylic acid groups (broad SMARTS) is 1. The van der Waals surface area contributed by atoms with Crippen LogP contribution in [0.3, 0.4) is 0 Å². The van der Waals surface area contributed by atoms with Gasteiger partial charge in [-0.15, -0.1) is 0 Å². The molecule has 1 amide bonds. The maximum absolute atomic E-state index is 11.9. The Balaban J connectivity index is 1.93. The molecule has 90 valence electrons. The molecule has 0 radical (unpaired) electrons. The Kier molecular flexibility index (Phi) is 3.40. The van der Waals surface area contributed by atoms with Gasteiger partial charge in [-0.2, -0.15) is 0 Å². The third-order valence-corrected chi connectivity index (χ3v) is 2.86. The predicted molar refractivity (Wildman–Crippen MR) is 52.9 cm³/mol. The van der Waals surface area contributed by atoms with Crippen LogP contribution < -0.4 is 0 Å². The van der Waals surface area contributed by atoms with Gasteiger partial charge in [-0.1, -0.05) is 0 Å². The molecule has 0 spiro atoms. The molecule has 0 bridgehead atoms. The lowest BCUT2D eigenvalue weighted by molar-refractivity contribution is -0.162. The molecule has 6 nitrogen and oxygen atoms in total. The highest BCUT2D eigenvalue weighted by atomic mass is 16.5. The van der Waals surface area contributed by atoms with Gasteiger partial charge in [0.15, 0.2) is 6.10 Å². The fourth-order valence-electron chi connectivity index (χ4n) is 1.97. The van der Waals surface area contributed by atoms with Crippen LogP contribution in [-0.2, 0) is 19.1 Å². The van der Waals surface area contributed by atoms with Crippen molar-refractivity contribution in [1.29, 1.82) is 0 Å². The first kappa shape index (κ1) is 11.3. The molecule has 2 fully saturated rings. The summed E-state index contributed by atoms with van der Waals surface area (Å²) >= 11 is 0. The molecular formula is C10H15NO5. The number of carbonyl (C=O) groups is 2. The smallest absolute Gasteiger partial charge is 0.334 e. The Morgan fingerprint density at radius 2 is 1.94 bits per heavy atom. The Hall–Kier alpha value is -1.14. The maximum atomic E-state index is 11.9. The van der Waals surface area contributed by atoms with Crippen molar-refractivity contribution in [3.05, 3.63) is 0 Å². The van der Waals surface area contributed by atoms with Crippen molar-refractivity contribution in [2.24, 2.45) is 0 Å². The van der Waals surface area contributed by atoms with Crippen molar-refractivity contribution >= 4 is 11.9 Å². The van der Waals surface area contributed by atoms with Gasteiger partial charge in [-0.3, -0.25) is 4.79 Å². The molecule has 2 aliphatic rings. The van der Waals surface area contributed by atoms with Gasteiger partial charge in [0.25, 0.3) is 5.91 Å². The summed E-state index contributed by atoms with van der Waals surface area (Å²) in [5, 5.41) is 8.81. The summed E-state index contributed by atoms with van der Waals surface area (Å²) in [5.74, 6) is -1.13. The summed E-state index contributed by atoms with van der Waals surface area (Å²) in [5.41, 5.74) is 0. The van der Waals surface area contributed by atoms with Crippen LogP contribution in [0.15, 0.2) is 0 Å². The van der Waals surface area contributed by atoms with Gasteiger partial charge >= 0.3 is 5.97 Å². The van der Waals surface area contributed by atoms with Crippen LogP contribution in [0.25, 0.3) is 0 Å². The van der Waals surface area contributed by atoms with Crippen LogP contribution in [0.4, 0.5) is 0 Å². The molecule has 0 aromatic rings. The number of carbonyl (C=O) groups excluding carboxylic acids is 1. The molecule has 0 saturated carbocycles. The van der Waals surface area contributed by atoms with E-state index < -0.39 is 12.1 Å². The highest BCUT2D eigenvalue weighted by Crippen LogP contribution is 2.16. The second-order valence-corrected chi connectivity index (χ2v) is 3.98. The molecule has 6 heteroatoms. The van der Waals surface area contributed by atoms with E-state index in [1.807, 2.05) is 0 Å². The number of hydrogen-bond donors (Lipinski definition) is 1. The molecule has 2 heterocycles. The van der Waals surface area contributed by atoms with Crippen LogP contribution in [0.5, 0.6) is 0 Å². The van der Waals surface area contributed by atoms with E-state index in [1.54, 1.807) is 0 Å². The average Bonchev–Trinajstić information content (AvgIpc) is 2.81. The highest BCUT2D eigenvalue weighted by Gasteiger charge is 2.33. The Bertz CT molecular complexity index is 287. The summed E-state index contributed by atoms with van der Waals surface area (Å²) in [6, 6.07) is 0. The zero-order valence-electron chi connectivity index (χ0n) is 8.92. The minimum absolute atomic E-state index is 0.105. The first-order chi connectivity index (χ1) is 7.68. The minimum Gasteiger partial charge on any atom is -0.479 e.